The van der Waals surface area contributed by atoms with E-state index in [1.165, 1.54) is 0 Å². The molecule has 6 heteroatoms. The third kappa shape index (κ3) is 4.72. The summed E-state index contributed by atoms with van der Waals surface area (Å²) in [6, 6.07) is 3.38. The summed E-state index contributed by atoms with van der Waals surface area (Å²) in [5.41, 5.74) is 5.06. The van der Waals surface area contributed by atoms with E-state index in [2.05, 4.69) is 4.74 Å². The number of nitrogens with zero attached hydrogens (tertiary/aromatic N) is 2. The Morgan fingerprint density at radius 1 is 1.24 bits per heavy atom. The van der Waals surface area contributed by atoms with Crippen molar-refractivity contribution in [2.45, 2.75) is 13.8 Å². The van der Waals surface area contributed by atoms with Crippen LogP contribution in [0.15, 0.2) is 23.1 Å². The Morgan fingerprint density at radius 2 is 1.82 bits per heavy atom. The normalized spacial score (nSPS) is 11.9. The van der Waals surface area contributed by atoms with E-state index in [-0.39, 0.29) is 30.2 Å². The predicted octanol–water partition coefficient (Wildman–Crippen LogP) is 0.730. The summed E-state index contributed by atoms with van der Waals surface area (Å²) in [6.07, 6.45) is 1.04. The number of allylic oxidation sites excluding steroid dienone is 2. The molecule has 0 aliphatic rings. The number of carbonyl (C=O) groups excluding carboxylic acids is 1. The maximum atomic E-state index is 11.3. The van der Waals surface area contributed by atoms with Crippen LogP contribution in [0, 0.1) is 22.7 Å². The minimum atomic E-state index is -0.799. The summed E-state index contributed by atoms with van der Waals surface area (Å²) in [6.45, 7) is 3.74. The Labute approximate surface area is 99.5 Å². The highest BCUT2D eigenvalue weighted by atomic mass is 16.5. The highest BCUT2D eigenvalue weighted by molar-refractivity contribution is 5.93. The van der Waals surface area contributed by atoms with Crippen LogP contribution >= 0.6 is 0 Å². The molecule has 90 valence electrons. The lowest BCUT2D eigenvalue weighted by Gasteiger charge is -2.03. The molecule has 6 nitrogen and oxygen atoms in total. The molecule has 0 aromatic rings. The summed E-state index contributed by atoms with van der Waals surface area (Å²) < 4.78 is 9.55. The minimum absolute atomic E-state index is 0.0866. The molecule has 0 atom stereocenters. The molecule has 2 N–H and O–H groups in total. The number of hydrogen-bond acceptors (Lipinski definition) is 6. The Hall–Kier alpha value is -2.47. The van der Waals surface area contributed by atoms with Crippen LogP contribution in [-0.2, 0) is 14.3 Å². The van der Waals surface area contributed by atoms with E-state index in [1.807, 2.05) is 0 Å². The molecule has 0 heterocycles. The lowest BCUT2D eigenvalue weighted by molar-refractivity contribution is -0.138. The maximum Gasteiger partial charge on any atom is 0.348 e. The van der Waals surface area contributed by atoms with Crippen molar-refractivity contribution in [1.29, 1.82) is 10.5 Å². The first-order valence-corrected chi connectivity index (χ1v) is 4.92. The molecule has 0 bridgehead atoms. The average Bonchev–Trinajstić information content (AvgIpc) is 2.31. The van der Waals surface area contributed by atoms with Gasteiger partial charge in [-0.15, -0.1) is 0 Å². The highest BCUT2D eigenvalue weighted by Crippen LogP contribution is 2.07. The van der Waals surface area contributed by atoms with Crippen molar-refractivity contribution < 1.29 is 14.3 Å². The number of carbonyl (C=O) groups is 1. The lowest BCUT2D eigenvalue weighted by atomic mass is 10.2. The van der Waals surface area contributed by atoms with Gasteiger partial charge in [-0.1, -0.05) is 0 Å². The van der Waals surface area contributed by atoms with E-state index in [0.29, 0.717) is 0 Å². The van der Waals surface area contributed by atoms with Gasteiger partial charge in [0.2, 0.25) is 5.88 Å². The average molecular weight is 235 g/mol. The molecule has 0 aliphatic heterocycles. The summed E-state index contributed by atoms with van der Waals surface area (Å²) in [5.74, 6) is -0.931. The molecule has 0 rings (SSSR count). The molecule has 0 aliphatic carbocycles. The third-order valence-electron chi connectivity index (χ3n) is 1.59. The first-order chi connectivity index (χ1) is 8.10. The Balaban J connectivity index is 5.20. The number of ether oxygens (including phenoxy) is 2. The van der Waals surface area contributed by atoms with Crippen molar-refractivity contribution in [2.24, 2.45) is 5.73 Å². The fourth-order valence-electron chi connectivity index (χ4n) is 0.882. The van der Waals surface area contributed by atoms with Crippen molar-refractivity contribution >= 4 is 5.97 Å². The van der Waals surface area contributed by atoms with Gasteiger partial charge in [-0.05, 0) is 19.9 Å². The fraction of sp³-hybridized carbons (Fsp3) is 0.364. The zero-order chi connectivity index (χ0) is 13.3. The Morgan fingerprint density at radius 3 is 2.24 bits per heavy atom. The van der Waals surface area contributed by atoms with Gasteiger partial charge in [0.1, 0.15) is 23.3 Å². The third-order valence-corrected chi connectivity index (χ3v) is 1.59. The van der Waals surface area contributed by atoms with Gasteiger partial charge in [0.05, 0.1) is 13.2 Å². The van der Waals surface area contributed by atoms with Gasteiger partial charge in [-0.3, -0.25) is 0 Å². The second kappa shape index (κ2) is 7.77. The van der Waals surface area contributed by atoms with Crippen LogP contribution in [0.4, 0.5) is 0 Å². The zero-order valence-corrected chi connectivity index (χ0v) is 9.69. The topological polar surface area (TPSA) is 109 Å². The van der Waals surface area contributed by atoms with Gasteiger partial charge < -0.3 is 15.2 Å². The first kappa shape index (κ1) is 14.5. The van der Waals surface area contributed by atoms with E-state index in [1.54, 1.807) is 26.0 Å². The molecule has 0 spiro atoms. The van der Waals surface area contributed by atoms with Gasteiger partial charge in [-0.2, -0.15) is 10.5 Å². The van der Waals surface area contributed by atoms with Crippen LogP contribution in [0.5, 0.6) is 0 Å². The molecule has 0 amide bonds. The summed E-state index contributed by atoms with van der Waals surface area (Å²) in [5, 5.41) is 17.6. The van der Waals surface area contributed by atoms with Gasteiger partial charge in [-0.25, -0.2) is 4.79 Å². The monoisotopic (exact) mass is 235 g/mol. The van der Waals surface area contributed by atoms with E-state index in [4.69, 9.17) is 21.0 Å². The predicted molar refractivity (Wildman–Crippen MR) is 58.8 cm³/mol. The van der Waals surface area contributed by atoms with E-state index < -0.39 is 5.97 Å². The molecule has 0 aromatic carbocycles. The largest absolute Gasteiger partial charge is 0.479 e. The van der Waals surface area contributed by atoms with E-state index in [0.717, 1.165) is 6.08 Å². The van der Waals surface area contributed by atoms with Crippen LogP contribution < -0.4 is 5.73 Å². The lowest BCUT2D eigenvalue weighted by Crippen LogP contribution is -2.09. The number of rotatable bonds is 5. The van der Waals surface area contributed by atoms with Gasteiger partial charge >= 0.3 is 5.97 Å². The van der Waals surface area contributed by atoms with Crippen LogP contribution in [0.2, 0.25) is 0 Å². The van der Waals surface area contributed by atoms with Crippen LogP contribution in [0.3, 0.4) is 0 Å². The molecular formula is C11H13N3O3. The Bertz CT molecular complexity index is 424. The van der Waals surface area contributed by atoms with Gasteiger partial charge in [0, 0.05) is 0 Å². The molecule has 17 heavy (non-hydrogen) atoms. The molecular weight excluding hydrogens is 222 g/mol. The van der Waals surface area contributed by atoms with Gasteiger partial charge in [0.25, 0.3) is 0 Å². The molecule has 0 unspecified atom stereocenters. The van der Waals surface area contributed by atoms with Crippen molar-refractivity contribution in [1.82, 2.24) is 0 Å². The maximum absolute atomic E-state index is 11.3. The molecule has 0 fully saturated rings. The number of hydrogen-bond donors (Lipinski definition) is 1. The first-order valence-electron chi connectivity index (χ1n) is 4.92. The molecule has 0 aromatic heterocycles. The van der Waals surface area contributed by atoms with Crippen LogP contribution in [0.25, 0.3) is 0 Å². The summed E-state index contributed by atoms with van der Waals surface area (Å²) in [4.78, 5) is 11.3. The highest BCUT2D eigenvalue weighted by Gasteiger charge is 2.12. The van der Waals surface area contributed by atoms with Crippen molar-refractivity contribution in [2.75, 3.05) is 13.2 Å². The van der Waals surface area contributed by atoms with Crippen molar-refractivity contribution in [3.8, 4) is 12.1 Å². The number of nitriles is 2. The molecule has 0 saturated heterocycles. The van der Waals surface area contributed by atoms with E-state index in [9.17, 15) is 4.79 Å². The zero-order valence-electron chi connectivity index (χ0n) is 9.69. The second-order valence-electron chi connectivity index (χ2n) is 2.71. The quantitative estimate of drug-likeness (QED) is 0.247. The van der Waals surface area contributed by atoms with Crippen LogP contribution in [-0.4, -0.2) is 19.2 Å². The summed E-state index contributed by atoms with van der Waals surface area (Å²) in [7, 11) is 0. The second-order valence-corrected chi connectivity index (χ2v) is 2.71. The van der Waals surface area contributed by atoms with Crippen molar-refractivity contribution in [3.63, 3.8) is 0 Å². The Kier molecular flexibility index (Phi) is 6.64. The SMILES string of the molecule is CCOC(=O)/C(C#N)=C\C(C#N)=C(\N)OCC. The number of nitrogens with two attached hydrogens (primary N) is 1. The van der Waals surface area contributed by atoms with Crippen molar-refractivity contribution in [3.05, 3.63) is 23.1 Å². The smallest absolute Gasteiger partial charge is 0.348 e. The fourth-order valence-corrected chi connectivity index (χ4v) is 0.882. The minimum Gasteiger partial charge on any atom is -0.479 e. The standard InChI is InChI=1S/C11H13N3O3/c1-3-16-10(14)8(6-12)5-9(7-13)11(15)17-4-2/h5H,3-4,14H2,1-2H3/b9-5-,10-8+. The van der Waals surface area contributed by atoms with Gasteiger partial charge in [0.15, 0.2) is 0 Å². The van der Waals surface area contributed by atoms with E-state index >= 15 is 0 Å². The van der Waals surface area contributed by atoms with Crippen LogP contribution in [0.1, 0.15) is 13.8 Å². The number of esters is 1. The molecule has 0 radical (unpaired) electrons. The summed E-state index contributed by atoms with van der Waals surface area (Å²) >= 11 is 0. The molecule has 0 saturated carbocycles.